The highest BCUT2D eigenvalue weighted by atomic mass is 19.3. The van der Waals surface area contributed by atoms with E-state index in [1.165, 1.54) is 0 Å². The average molecular weight is 161 g/mol. The molecule has 64 valence electrons. The number of alkyl halides is 2. The third kappa shape index (κ3) is 0.901. The van der Waals surface area contributed by atoms with Crippen molar-refractivity contribution < 1.29 is 8.78 Å². The predicted octanol–water partition coefficient (Wildman–Crippen LogP) is 1.77. The molecule has 2 aliphatic rings. The van der Waals surface area contributed by atoms with Crippen molar-refractivity contribution >= 4 is 0 Å². The summed E-state index contributed by atoms with van der Waals surface area (Å²) in [5, 5.41) is 0. The smallest absolute Gasteiger partial charge is 0.254 e. The van der Waals surface area contributed by atoms with Gasteiger partial charge in [-0.15, -0.1) is 0 Å². The predicted molar refractivity (Wildman–Crippen MR) is 38.4 cm³/mol. The van der Waals surface area contributed by atoms with Crippen molar-refractivity contribution in [3.05, 3.63) is 0 Å². The fraction of sp³-hybridized carbons (Fsp3) is 1.00. The van der Waals surface area contributed by atoms with Gasteiger partial charge in [0.2, 0.25) is 0 Å². The van der Waals surface area contributed by atoms with Crippen molar-refractivity contribution in [1.82, 2.24) is 0 Å². The highest BCUT2D eigenvalue weighted by Crippen LogP contribution is 2.69. The normalized spacial score (nSPS) is 46.6. The van der Waals surface area contributed by atoms with Gasteiger partial charge in [0.05, 0.1) is 0 Å². The maximum absolute atomic E-state index is 12.8. The van der Waals surface area contributed by atoms with E-state index in [-0.39, 0.29) is 6.42 Å². The van der Waals surface area contributed by atoms with Crippen LogP contribution < -0.4 is 5.73 Å². The fourth-order valence-electron chi connectivity index (χ4n) is 2.31. The summed E-state index contributed by atoms with van der Waals surface area (Å²) in [4.78, 5) is 0. The Labute approximate surface area is 65.0 Å². The Morgan fingerprint density at radius 2 is 2.09 bits per heavy atom. The molecular weight excluding hydrogens is 148 g/mol. The van der Waals surface area contributed by atoms with Gasteiger partial charge in [0.15, 0.2) is 0 Å². The molecule has 0 aromatic heterocycles. The van der Waals surface area contributed by atoms with E-state index < -0.39 is 11.3 Å². The van der Waals surface area contributed by atoms with E-state index in [0.29, 0.717) is 25.3 Å². The van der Waals surface area contributed by atoms with Crippen LogP contribution in [0.2, 0.25) is 0 Å². The monoisotopic (exact) mass is 161 g/mol. The number of halogens is 2. The van der Waals surface area contributed by atoms with Crippen LogP contribution in [0.5, 0.6) is 0 Å². The zero-order valence-corrected chi connectivity index (χ0v) is 6.45. The summed E-state index contributed by atoms with van der Waals surface area (Å²) >= 11 is 0. The molecule has 2 saturated carbocycles. The van der Waals surface area contributed by atoms with Crippen LogP contribution >= 0.6 is 0 Å². The van der Waals surface area contributed by atoms with Crippen molar-refractivity contribution in [2.24, 2.45) is 17.1 Å². The molecule has 0 aromatic carbocycles. The molecule has 0 saturated heterocycles. The second-order valence-electron chi connectivity index (χ2n) is 4.01. The SMILES string of the molecule is NCC1CCC2(C1)CC2(F)F. The van der Waals surface area contributed by atoms with Gasteiger partial charge in [-0.1, -0.05) is 0 Å². The van der Waals surface area contributed by atoms with E-state index in [2.05, 4.69) is 0 Å². The molecule has 0 bridgehead atoms. The molecule has 2 aliphatic carbocycles. The Morgan fingerprint density at radius 3 is 2.36 bits per heavy atom. The summed E-state index contributed by atoms with van der Waals surface area (Å²) in [5.41, 5.74) is 4.83. The molecule has 0 heterocycles. The van der Waals surface area contributed by atoms with Crippen LogP contribution in [-0.4, -0.2) is 12.5 Å². The van der Waals surface area contributed by atoms with Gasteiger partial charge in [-0.05, 0) is 31.7 Å². The lowest BCUT2D eigenvalue weighted by atomic mass is 10.0. The Balaban J connectivity index is 2.01. The molecule has 0 aliphatic heterocycles. The lowest BCUT2D eigenvalue weighted by molar-refractivity contribution is 0.0646. The Bertz CT molecular complexity index is 181. The van der Waals surface area contributed by atoms with Crippen LogP contribution in [-0.2, 0) is 0 Å². The largest absolute Gasteiger partial charge is 0.330 e. The van der Waals surface area contributed by atoms with Gasteiger partial charge in [-0.3, -0.25) is 0 Å². The molecule has 0 amide bonds. The fourth-order valence-corrected chi connectivity index (χ4v) is 2.31. The van der Waals surface area contributed by atoms with E-state index in [0.717, 1.165) is 6.42 Å². The minimum absolute atomic E-state index is 0.122. The van der Waals surface area contributed by atoms with Gasteiger partial charge >= 0.3 is 0 Å². The first-order chi connectivity index (χ1) is 5.10. The van der Waals surface area contributed by atoms with Crippen molar-refractivity contribution in [2.45, 2.75) is 31.6 Å². The van der Waals surface area contributed by atoms with Crippen LogP contribution in [0.3, 0.4) is 0 Å². The summed E-state index contributed by atoms with van der Waals surface area (Å²) in [7, 11) is 0. The number of nitrogens with two attached hydrogens (primary N) is 1. The highest BCUT2D eigenvalue weighted by Gasteiger charge is 2.72. The van der Waals surface area contributed by atoms with E-state index in [1.807, 2.05) is 0 Å². The second kappa shape index (κ2) is 1.94. The first-order valence-electron chi connectivity index (χ1n) is 4.18. The molecular formula is C8H13F2N. The van der Waals surface area contributed by atoms with Crippen molar-refractivity contribution in [2.75, 3.05) is 6.54 Å². The third-order valence-corrected chi connectivity index (χ3v) is 3.26. The van der Waals surface area contributed by atoms with Crippen LogP contribution in [0.1, 0.15) is 25.7 Å². The first-order valence-corrected chi connectivity index (χ1v) is 4.18. The first kappa shape index (κ1) is 7.47. The Kier molecular flexibility index (Phi) is 1.32. The number of hydrogen-bond acceptors (Lipinski definition) is 1. The number of rotatable bonds is 1. The summed E-state index contributed by atoms with van der Waals surface area (Å²) in [6.07, 6.45) is 2.39. The van der Waals surface area contributed by atoms with Crippen LogP contribution in [0, 0.1) is 11.3 Å². The summed E-state index contributed by atoms with van der Waals surface area (Å²) in [6, 6.07) is 0. The average Bonchev–Trinajstić information content (AvgIpc) is 2.35. The van der Waals surface area contributed by atoms with Crippen molar-refractivity contribution in [3.63, 3.8) is 0 Å². The molecule has 11 heavy (non-hydrogen) atoms. The van der Waals surface area contributed by atoms with Gasteiger partial charge in [-0.25, -0.2) is 8.78 Å². The van der Waals surface area contributed by atoms with Crippen LogP contribution in [0.15, 0.2) is 0 Å². The minimum atomic E-state index is -2.35. The number of hydrogen-bond donors (Lipinski definition) is 1. The molecule has 0 radical (unpaired) electrons. The topological polar surface area (TPSA) is 26.0 Å². The standard InChI is InChI=1S/C8H13F2N/c9-8(10)5-7(8)2-1-6(3-7)4-11/h6H,1-5,11H2. The quantitative estimate of drug-likeness (QED) is 0.623. The Hall–Kier alpha value is -0.180. The van der Waals surface area contributed by atoms with Gasteiger partial charge in [0.25, 0.3) is 5.92 Å². The minimum Gasteiger partial charge on any atom is -0.330 e. The van der Waals surface area contributed by atoms with Gasteiger partial charge in [0.1, 0.15) is 0 Å². The van der Waals surface area contributed by atoms with E-state index in [9.17, 15) is 8.78 Å². The van der Waals surface area contributed by atoms with Crippen LogP contribution in [0.4, 0.5) is 8.78 Å². The van der Waals surface area contributed by atoms with Gasteiger partial charge < -0.3 is 5.73 Å². The molecule has 2 fully saturated rings. The molecule has 0 aromatic rings. The molecule has 2 unspecified atom stereocenters. The maximum atomic E-state index is 12.8. The van der Waals surface area contributed by atoms with E-state index in [1.54, 1.807) is 0 Å². The summed E-state index contributed by atoms with van der Waals surface area (Å²) in [6.45, 7) is 0.581. The second-order valence-corrected chi connectivity index (χ2v) is 4.01. The van der Waals surface area contributed by atoms with Gasteiger partial charge in [0, 0.05) is 11.8 Å². The van der Waals surface area contributed by atoms with Gasteiger partial charge in [-0.2, -0.15) is 0 Å². The lowest BCUT2D eigenvalue weighted by Gasteiger charge is -2.07. The Morgan fingerprint density at radius 1 is 1.45 bits per heavy atom. The molecule has 2 N–H and O–H groups in total. The molecule has 2 atom stereocenters. The molecule has 1 spiro atoms. The maximum Gasteiger partial charge on any atom is 0.254 e. The zero-order chi connectivity index (χ0) is 8.11. The highest BCUT2D eigenvalue weighted by molar-refractivity contribution is 5.13. The summed E-state index contributed by atoms with van der Waals surface area (Å²) < 4.78 is 25.5. The zero-order valence-electron chi connectivity index (χ0n) is 6.45. The van der Waals surface area contributed by atoms with E-state index in [4.69, 9.17) is 5.73 Å². The van der Waals surface area contributed by atoms with Crippen molar-refractivity contribution in [3.8, 4) is 0 Å². The lowest BCUT2D eigenvalue weighted by Crippen LogP contribution is -2.13. The van der Waals surface area contributed by atoms with Crippen LogP contribution in [0.25, 0.3) is 0 Å². The van der Waals surface area contributed by atoms with E-state index >= 15 is 0 Å². The third-order valence-electron chi connectivity index (χ3n) is 3.26. The molecule has 1 nitrogen and oxygen atoms in total. The van der Waals surface area contributed by atoms with Crippen molar-refractivity contribution in [1.29, 1.82) is 0 Å². The summed E-state index contributed by atoms with van der Waals surface area (Å²) in [5.74, 6) is -1.99. The molecule has 2 rings (SSSR count). The molecule has 3 heteroatoms.